The van der Waals surface area contributed by atoms with E-state index in [1.807, 2.05) is 0 Å². The molecule has 0 aliphatic carbocycles. The molecule has 4 aromatic rings. The van der Waals surface area contributed by atoms with Crippen LogP contribution in [-0.4, -0.2) is 0 Å². The predicted molar refractivity (Wildman–Crippen MR) is 126 cm³/mol. The summed E-state index contributed by atoms with van der Waals surface area (Å²) >= 11 is 3.73. The zero-order valence-corrected chi connectivity index (χ0v) is 23.3. The van der Waals surface area contributed by atoms with Gasteiger partial charge in [-0.15, -0.1) is 8.19 Å². The number of rotatable bonds is 2. The molecule has 0 saturated carbocycles. The molecule has 1 aromatic heterocycles. The number of benzene rings is 3. The van der Waals surface area contributed by atoms with Gasteiger partial charge in [-0.1, -0.05) is 88.2 Å². The standard InChI is InChI=1S/C21H16BrP.5CO.W/c1-14-10-12-15(13-11-14)20-17-7-3-5-9-19(17)23-21(20)16-6-2-4-8-18(16)22;5*1-2;/h2-13,23H,1H3;;;;;;. The molecule has 0 amide bonds. The SMILES string of the molecule is Cc1ccc(-c2c(-c3ccccc3Br)[pH]c3ccccc23)cc1.[C-]#[O+].[C-]#[O+].[C-]#[O+].[C-]#[O+].[C-]#[O+].[W]. The quantitative estimate of drug-likeness (QED) is 0.158. The Balaban J connectivity index is -0.000000781. The fourth-order valence-electron chi connectivity index (χ4n) is 3.03. The summed E-state index contributed by atoms with van der Waals surface area (Å²) < 4.78 is 38.7. The van der Waals surface area contributed by atoms with Crippen LogP contribution < -0.4 is 0 Å². The molecule has 1 heterocycles. The molecule has 8 heteroatoms. The third kappa shape index (κ3) is 9.82. The smallest absolute Gasteiger partial charge is 0 e. The number of aryl methyl sites for hydroxylation is 1. The van der Waals surface area contributed by atoms with Gasteiger partial charge in [-0.3, -0.25) is 0 Å². The molecule has 0 N–H and O–H groups in total. The average molecular weight is 703 g/mol. The Morgan fingerprint density at radius 1 is 0.647 bits per heavy atom. The molecule has 0 aliphatic heterocycles. The molecule has 0 aliphatic rings. The van der Waals surface area contributed by atoms with Crippen LogP contribution in [0.4, 0.5) is 0 Å². The topological polar surface area (TPSA) is 99.5 Å². The van der Waals surface area contributed by atoms with E-state index in [1.54, 1.807) is 0 Å². The minimum absolute atomic E-state index is 0. The van der Waals surface area contributed by atoms with E-state index in [4.69, 9.17) is 23.3 Å². The van der Waals surface area contributed by atoms with E-state index < -0.39 is 0 Å². The van der Waals surface area contributed by atoms with E-state index in [2.05, 4.69) is 129 Å². The molecule has 0 fully saturated rings. The molecular formula is C26H16BrO5PW. The van der Waals surface area contributed by atoms with Crippen LogP contribution >= 0.6 is 24.1 Å². The molecule has 34 heavy (non-hydrogen) atoms. The van der Waals surface area contributed by atoms with Gasteiger partial charge in [-0.05, 0) is 29.1 Å². The Kier molecular flexibility index (Phi) is 23.8. The fraction of sp³-hybridized carbons (Fsp3) is 0.0385. The monoisotopic (exact) mass is 702 g/mol. The van der Waals surface area contributed by atoms with Crippen molar-refractivity contribution in [2.45, 2.75) is 6.92 Å². The fourth-order valence-corrected chi connectivity index (χ4v) is 5.24. The van der Waals surface area contributed by atoms with Crippen LogP contribution in [0.15, 0.2) is 77.3 Å². The summed E-state index contributed by atoms with van der Waals surface area (Å²) in [6.45, 7) is 24.6. The van der Waals surface area contributed by atoms with Crippen molar-refractivity contribution in [3.8, 4) is 22.0 Å². The second-order valence-electron chi connectivity index (χ2n) is 5.77. The molecule has 3 aromatic carbocycles. The van der Waals surface area contributed by atoms with Gasteiger partial charge in [0, 0.05) is 42.0 Å². The molecule has 168 valence electrons. The van der Waals surface area contributed by atoms with Crippen molar-refractivity contribution in [3.05, 3.63) is 116 Å². The zero-order chi connectivity index (χ0) is 25.8. The summed E-state index contributed by atoms with van der Waals surface area (Å²) in [4.78, 5) is 0. The second-order valence-corrected chi connectivity index (χ2v) is 7.91. The van der Waals surface area contributed by atoms with Crippen molar-refractivity contribution < 1.29 is 44.3 Å². The van der Waals surface area contributed by atoms with Crippen molar-refractivity contribution in [1.29, 1.82) is 0 Å². The maximum atomic E-state index is 7.50. The van der Waals surface area contributed by atoms with Crippen molar-refractivity contribution in [2.75, 3.05) is 0 Å². The Labute approximate surface area is 223 Å². The van der Waals surface area contributed by atoms with E-state index in [0.717, 1.165) is 0 Å². The molecule has 4 rings (SSSR count). The Hall–Kier alpha value is -2.43. The molecule has 5 nitrogen and oxygen atoms in total. The normalized spacial score (nSPS) is 8.00. The van der Waals surface area contributed by atoms with Crippen molar-refractivity contribution >= 4 is 34.6 Å². The van der Waals surface area contributed by atoms with Crippen LogP contribution in [-0.2, 0) is 44.3 Å². The van der Waals surface area contributed by atoms with Crippen LogP contribution in [0.3, 0.4) is 0 Å². The van der Waals surface area contributed by atoms with Crippen molar-refractivity contribution in [3.63, 3.8) is 0 Å². The largest absolute Gasteiger partial charge is 0 e. The minimum atomic E-state index is 0. The summed E-state index contributed by atoms with van der Waals surface area (Å²) in [6, 6.07) is 26.2. The molecule has 0 spiro atoms. The molecule has 0 bridgehead atoms. The van der Waals surface area contributed by atoms with Crippen LogP contribution in [0.2, 0.25) is 0 Å². The van der Waals surface area contributed by atoms with Crippen LogP contribution in [0, 0.1) is 40.2 Å². The van der Waals surface area contributed by atoms with Crippen LogP contribution in [0.1, 0.15) is 5.56 Å². The third-order valence-electron chi connectivity index (χ3n) is 4.19. The predicted octanol–water partition coefficient (Wildman–Crippen LogP) is 7.09. The van der Waals surface area contributed by atoms with Crippen molar-refractivity contribution in [2.24, 2.45) is 0 Å². The Bertz CT molecular complexity index is 1190. The number of hydrogen-bond acceptors (Lipinski definition) is 0. The summed E-state index contributed by atoms with van der Waals surface area (Å²) in [5.74, 6) is 0. The van der Waals surface area contributed by atoms with Crippen LogP contribution in [0.5, 0.6) is 0 Å². The third-order valence-corrected chi connectivity index (χ3v) is 6.36. The first kappa shape index (κ1) is 36.1. The molecule has 0 radical (unpaired) electrons. The van der Waals surface area contributed by atoms with Crippen molar-refractivity contribution in [1.82, 2.24) is 0 Å². The first-order valence-electron chi connectivity index (χ1n) is 8.69. The average Bonchev–Trinajstić information content (AvgIpc) is 3.30. The maximum absolute atomic E-state index is 7.50. The second kappa shape index (κ2) is 22.4. The zero-order valence-electron chi connectivity index (χ0n) is 17.8. The van der Waals surface area contributed by atoms with Gasteiger partial charge in [0.1, 0.15) is 0 Å². The number of fused-ring (bicyclic) bond motifs is 1. The Morgan fingerprint density at radius 3 is 1.65 bits per heavy atom. The summed E-state index contributed by atoms with van der Waals surface area (Å²) in [7, 11) is 0.697. The van der Waals surface area contributed by atoms with Gasteiger partial charge in [0.2, 0.25) is 0 Å². The van der Waals surface area contributed by atoms with Gasteiger partial charge in [-0.2, -0.15) is 0 Å². The summed E-state index contributed by atoms with van der Waals surface area (Å²) in [5.41, 5.74) is 5.28. The van der Waals surface area contributed by atoms with Gasteiger partial charge in [0.25, 0.3) is 0 Å². The summed E-state index contributed by atoms with van der Waals surface area (Å²) in [6.07, 6.45) is 0. The molecular weight excluding hydrogens is 687 g/mol. The molecule has 1 atom stereocenters. The Morgan fingerprint density at radius 2 is 1.12 bits per heavy atom. The van der Waals surface area contributed by atoms with E-state index in [-0.39, 0.29) is 21.1 Å². The number of halogens is 1. The van der Waals surface area contributed by atoms with Gasteiger partial charge in [0.05, 0.1) is 0 Å². The molecule has 1 unspecified atom stereocenters. The van der Waals surface area contributed by atoms with Gasteiger partial charge in [0.15, 0.2) is 0 Å². The van der Waals surface area contributed by atoms with E-state index >= 15 is 0 Å². The van der Waals surface area contributed by atoms with Gasteiger partial charge < -0.3 is 0 Å². The van der Waals surface area contributed by atoms with E-state index in [9.17, 15) is 0 Å². The minimum Gasteiger partial charge on any atom is 0 e. The molecule has 0 saturated heterocycles. The van der Waals surface area contributed by atoms with Crippen LogP contribution in [0.25, 0.3) is 32.5 Å². The van der Waals surface area contributed by atoms with E-state index in [0.29, 0.717) is 8.19 Å². The number of hydrogen-bond donors (Lipinski definition) is 0. The summed E-state index contributed by atoms with van der Waals surface area (Å²) in [5, 5.41) is 4.25. The van der Waals surface area contributed by atoms with Gasteiger partial charge in [-0.25, -0.2) is 0 Å². The maximum Gasteiger partial charge on any atom is 0 e. The first-order valence-corrected chi connectivity index (χ1v) is 10.5. The van der Waals surface area contributed by atoms with Gasteiger partial charge >= 0.3 is 56.5 Å². The van der Waals surface area contributed by atoms with E-state index in [1.165, 1.54) is 42.5 Å². The first-order chi connectivity index (χ1) is 16.2.